The molecule has 2 aromatic carbocycles. The maximum absolute atomic E-state index is 12.8. The molecule has 1 heterocycles. The van der Waals surface area contributed by atoms with Gasteiger partial charge in [0.2, 0.25) is 0 Å². The van der Waals surface area contributed by atoms with Crippen LogP contribution in [0, 0.1) is 5.92 Å². The molecule has 2 N–H and O–H groups in total. The molecule has 4 rings (SSSR count). The van der Waals surface area contributed by atoms with Crippen molar-refractivity contribution in [3.8, 4) is 5.75 Å². The van der Waals surface area contributed by atoms with Gasteiger partial charge in [-0.25, -0.2) is 9.78 Å². The summed E-state index contributed by atoms with van der Waals surface area (Å²) in [5.41, 5.74) is 0.967. The third kappa shape index (κ3) is 7.62. The van der Waals surface area contributed by atoms with E-state index in [1.165, 1.54) is 7.11 Å². The van der Waals surface area contributed by atoms with Crippen LogP contribution in [0.3, 0.4) is 0 Å². The second kappa shape index (κ2) is 13.5. The maximum Gasteiger partial charge on any atom is 0.328 e. The zero-order valence-electron chi connectivity index (χ0n) is 21.2. The molecular weight excluding hydrogens is 525 g/mol. The van der Waals surface area contributed by atoms with Crippen molar-refractivity contribution in [1.29, 1.82) is 0 Å². The second-order valence-corrected chi connectivity index (χ2v) is 10.2. The Kier molecular flexibility index (Phi) is 9.85. The van der Waals surface area contributed by atoms with E-state index in [-0.39, 0.29) is 22.0 Å². The van der Waals surface area contributed by atoms with Gasteiger partial charge in [0.1, 0.15) is 17.6 Å². The van der Waals surface area contributed by atoms with E-state index in [9.17, 15) is 9.59 Å². The summed E-state index contributed by atoms with van der Waals surface area (Å²) in [4.78, 5) is 29.5. The summed E-state index contributed by atoms with van der Waals surface area (Å²) >= 11 is 12.3. The second-order valence-electron chi connectivity index (χ2n) is 9.38. The number of anilines is 1. The summed E-state index contributed by atoms with van der Waals surface area (Å²) < 4.78 is 11.0. The van der Waals surface area contributed by atoms with Crippen molar-refractivity contribution in [1.82, 2.24) is 10.3 Å². The first-order valence-corrected chi connectivity index (χ1v) is 13.4. The molecule has 38 heavy (non-hydrogen) atoms. The average Bonchev–Trinajstić information content (AvgIpc) is 2.93. The zero-order chi connectivity index (χ0) is 26.9. The molecular formula is C29H31Cl2N3O4. The van der Waals surface area contributed by atoms with Crippen molar-refractivity contribution in [3.05, 3.63) is 88.0 Å². The Hall–Kier alpha value is -3.29. The highest BCUT2D eigenvalue weighted by molar-refractivity contribution is 6.39. The number of aromatic nitrogens is 1. The fraction of sp³-hybridized carbons (Fsp3) is 0.345. The van der Waals surface area contributed by atoms with Crippen molar-refractivity contribution < 1.29 is 19.1 Å². The van der Waals surface area contributed by atoms with E-state index in [4.69, 9.17) is 32.7 Å². The molecule has 1 aromatic heterocycles. The third-order valence-electron chi connectivity index (χ3n) is 6.69. The predicted octanol–water partition coefficient (Wildman–Crippen LogP) is 5.95. The van der Waals surface area contributed by atoms with Gasteiger partial charge in [0, 0.05) is 18.7 Å². The van der Waals surface area contributed by atoms with Gasteiger partial charge in [0.15, 0.2) is 0 Å². The van der Waals surface area contributed by atoms with Crippen LogP contribution < -0.4 is 15.4 Å². The zero-order valence-corrected chi connectivity index (χ0v) is 22.7. The molecule has 0 spiro atoms. The van der Waals surface area contributed by atoms with Crippen molar-refractivity contribution >= 4 is 40.9 Å². The van der Waals surface area contributed by atoms with Gasteiger partial charge in [-0.1, -0.05) is 47.5 Å². The molecule has 1 aliphatic rings. The molecule has 1 aliphatic carbocycles. The normalized spacial score (nSPS) is 17.8. The summed E-state index contributed by atoms with van der Waals surface area (Å²) in [6.45, 7) is 0.662. The Bertz CT molecular complexity index is 1200. The number of methoxy groups -OCH3 is 1. The number of hydrogen-bond donors (Lipinski definition) is 2. The van der Waals surface area contributed by atoms with E-state index in [0.717, 1.165) is 42.8 Å². The SMILES string of the molecule is COC(=O)[C@H](Cc1ccc(OCC2CCC(Nc3ccccn3)CC2)cc1)NC(=O)c1c(Cl)cccc1Cl. The third-order valence-corrected chi connectivity index (χ3v) is 7.32. The largest absolute Gasteiger partial charge is 0.493 e. The molecule has 0 radical (unpaired) electrons. The number of ether oxygens (including phenoxy) is 2. The maximum atomic E-state index is 12.8. The molecule has 9 heteroatoms. The minimum absolute atomic E-state index is 0.120. The van der Waals surface area contributed by atoms with Gasteiger partial charge in [0.05, 0.1) is 29.3 Å². The number of esters is 1. The van der Waals surface area contributed by atoms with Crippen molar-refractivity contribution in [2.24, 2.45) is 5.92 Å². The van der Waals surface area contributed by atoms with E-state index in [0.29, 0.717) is 18.6 Å². The lowest BCUT2D eigenvalue weighted by atomic mass is 9.86. The van der Waals surface area contributed by atoms with Crippen molar-refractivity contribution in [3.63, 3.8) is 0 Å². The van der Waals surface area contributed by atoms with Crippen LogP contribution in [0.15, 0.2) is 66.9 Å². The van der Waals surface area contributed by atoms with Gasteiger partial charge < -0.3 is 20.1 Å². The van der Waals surface area contributed by atoms with E-state index in [1.807, 2.05) is 42.5 Å². The first-order valence-electron chi connectivity index (χ1n) is 12.6. The molecule has 1 amide bonds. The molecule has 200 valence electrons. The van der Waals surface area contributed by atoms with Gasteiger partial charge in [-0.2, -0.15) is 0 Å². The molecule has 3 aromatic rings. The molecule has 0 aliphatic heterocycles. The van der Waals surface area contributed by atoms with Crippen LogP contribution >= 0.6 is 23.2 Å². The Balaban J connectivity index is 1.27. The lowest BCUT2D eigenvalue weighted by Crippen LogP contribution is -2.43. The number of rotatable bonds is 10. The summed E-state index contributed by atoms with van der Waals surface area (Å²) in [6.07, 6.45) is 6.41. The summed E-state index contributed by atoms with van der Waals surface area (Å²) in [5.74, 6) is 1.10. The molecule has 7 nitrogen and oxygen atoms in total. The number of benzene rings is 2. The lowest BCUT2D eigenvalue weighted by Gasteiger charge is -2.29. The van der Waals surface area contributed by atoms with E-state index >= 15 is 0 Å². The van der Waals surface area contributed by atoms with E-state index in [2.05, 4.69) is 15.6 Å². The first kappa shape index (κ1) is 27.7. The molecule has 0 saturated heterocycles. The Morgan fingerprint density at radius 2 is 1.68 bits per heavy atom. The molecule has 0 bridgehead atoms. The first-order chi connectivity index (χ1) is 18.4. The minimum atomic E-state index is -0.901. The van der Waals surface area contributed by atoms with E-state index < -0.39 is 17.9 Å². The summed E-state index contributed by atoms with van der Waals surface area (Å²) in [5, 5.41) is 6.62. The lowest BCUT2D eigenvalue weighted by molar-refractivity contribution is -0.142. The number of amides is 1. The quantitative estimate of drug-likeness (QED) is 0.300. The highest BCUT2D eigenvalue weighted by atomic mass is 35.5. The van der Waals surface area contributed by atoms with Crippen LogP contribution in [0.5, 0.6) is 5.75 Å². The molecule has 1 atom stereocenters. The van der Waals surface area contributed by atoms with Gasteiger partial charge in [-0.15, -0.1) is 0 Å². The van der Waals surface area contributed by atoms with Crippen LogP contribution in [0.4, 0.5) is 5.82 Å². The minimum Gasteiger partial charge on any atom is -0.493 e. The summed E-state index contributed by atoms with van der Waals surface area (Å²) in [7, 11) is 1.28. The summed E-state index contributed by atoms with van der Waals surface area (Å²) in [6, 6.07) is 17.7. The van der Waals surface area contributed by atoms with E-state index in [1.54, 1.807) is 24.4 Å². The highest BCUT2D eigenvalue weighted by Crippen LogP contribution is 2.28. The van der Waals surface area contributed by atoms with Crippen LogP contribution in [0.2, 0.25) is 10.0 Å². The van der Waals surface area contributed by atoms with Crippen molar-refractivity contribution in [2.75, 3.05) is 19.0 Å². The van der Waals surface area contributed by atoms with Crippen LogP contribution in [-0.4, -0.2) is 42.7 Å². The van der Waals surface area contributed by atoms with Crippen LogP contribution in [0.25, 0.3) is 0 Å². The van der Waals surface area contributed by atoms with Gasteiger partial charge in [-0.3, -0.25) is 4.79 Å². The van der Waals surface area contributed by atoms with Gasteiger partial charge in [-0.05, 0) is 73.6 Å². The van der Waals surface area contributed by atoms with Crippen LogP contribution in [0.1, 0.15) is 41.6 Å². The fourth-order valence-electron chi connectivity index (χ4n) is 4.58. The number of nitrogens with zero attached hydrogens (tertiary/aromatic N) is 1. The number of halogens is 2. The average molecular weight is 556 g/mol. The molecule has 1 fully saturated rings. The Labute approximate surface area is 232 Å². The monoisotopic (exact) mass is 555 g/mol. The molecule has 0 unspecified atom stereocenters. The number of carbonyl (C=O) groups excluding carboxylic acids is 2. The highest BCUT2D eigenvalue weighted by Gasteiger charge is 2.25. The standard InChI is InChI=1S/C29H31Cl2N3O4/c1-37-29(36)25(34-28(35)27-23(30)5-4-6-24(27)31)17-19-10-14-22(15-11-19)38-18-20-8-12-21(13-9-20)33-26-7-2-3-16-32-26/h2-7,10-11,14-16,20-21,25H,8-9,12-13,17-18H2,1H3,(H,32,33)(H,34,35)/t20?,21?,25-/m0/s1. The van der Waals surface area contributed by atoms with Crippen molar-refractivity contribution in [2.45, 2.75) is 44.2 Å². The topological polar surface area (TPSA) is 89.6 Å². The Morgan fingerprint density at radius 3 is 2.32 bits per heavy atom. The predicted molar refractivity (Wildman–Crippen MR) is 149 cm³/mol. The molecule has 1 saturated carbocycles. The number of carbonyl (C=O) groups is 2. The number of hydrogen-bond acceptors (Lipinski definition) is 6. The smallest absolute Gasteiger partial charge is 0.328 e. The van der Waals surface area contributed by atoms with Gasteiger partial charge >= 0.3 is 5.97 Å². The number of pyridine rings is 1. The number of nitrogens with one attached hydrogen (secondary N) is 2. The van der Waals surface area contributed by atoms with Crippen LogP contribution in [-0.2, 0) is 16.0 Å². The Morgan fingerprint density at radius 1 is 0.974 bits per heavy atom. The fourth-order valence-corrected chi connectivity index (χ4v) is 5.15. The van der Waals surface area contributed by atoms with Gasteiger partial charge in [0.25, 0.3) is 5.91 Å².